The van der Waals surface area contributed by atoms with Crippen LogP contribution in [-0.2, 0) is 7.05 Å². The van der Waals surface area contributed by atoms with Crippen LogP contribution in [0.5, 0.6) is 0 Å². The third-order valence-electron chi connectivity index (χ3n) is 2.98. The zero-order valence-corrected chi connectivity index (χ0v) is 12.4. The number of carbonyl (C=O) groups excluding carboxylic acids is 1. The molecular formula is C14H17N3OS. The van der Waals surface area contributed by atoms with E-state index in [1.165, 1.54) is 11.8 Å². The summed E-state index contributed by atoms with van der Waals surface area (Å²) in [7, 11) is 1.87. The molecule has 19 heavy (non-hydrogen) atoms. The molecule has 0 aliphatic heterocycles. The first-order valence-corrected chi connectivity index (χ1v) is 6.99. The number of hydrogen-bond donors (Lipinski definition) is 0. The Bertz CT molecular complexity index is 606. The Labute approximate surface area is 117 Å². The van der Waals surface area contributed by atoms with Crippen molar-refractivity contribution in [2.75, 3.05) is 0 Å². The summed E-state index contributed by atoms with van der Waals surface area (Å²) < 4.78 is 1.82. The van der Waals surface area contributed by atoms with Crippen LogP contribution < -0.4 is 0 Å². The van der Waals surface area contributed by atoms with E-state index in [-0.39, 0.29) is 11.0 Å². The van der Waals surface area contributed by atoms with Crippen molar-refractivity contribution in [1.82, 2.24) is 14.8 Å². The van der Waals surface area contributed by atoms with Crippen LogP contribution in [0.25, 0.3) is 0 Å². The summed E-state index contributed by atoms with van der Waals surface area (Å²) in [4.78, 5) is 12.5. The van der Waals surface area contributed by atoms with E-state index < -0.39 is 0 Å². The molecule has 2 rings (SSSR count). The van der Waals surface area contributed by atoms with Crippen molar-refractivity contribution in [3.63, 3.8) is 0 Å². The minimum Gasteiger partial charge on any atom is -0.312 e. The van der Waals surface area contributed by atoms with Crippen LogP contribution in [-0.4, -0.2) is 25.8 Å². The molecule has 4 nitrogen and oxygen atoms in total. The minimum atomic E-state index is -0.177. The van der Waals surface area contributed by atoms with Crippen molar-refractivity contribution in [3.8, 4) is 0 Å². The quantitative estimate of drug-likeness (QED) is 0.636. The largest absolute Gasteiger partial charge is 0.312 e. The van der Waals surface area contributed by atoms with E-state index in [1.807, 2.05) is 50.6 Å². The molecule has 0 N–H and O–H groups in total. The average Bonchev–Trinajstić information content (AvgIpc) is 2.77. The Hall–Kier alpha value is -1.62. The van der Waals surface area contributed by atoms with E-state index in [2.05, 4.69) is 10.2 Å². The Kier molecular flexibility index (Phi) is 4.04. The van der Waals surface area contributed by atoms with Gasteiger partial charge in [0.15, 0.2) is 10.9 Å². The molecule has 1 aromatic carbocycles. The van der Waals surface area contributed by atoms with Crippen molar-refractivity contribution in [3.05, 3.63) is 41.2 Å². The van der Waals surface area contributed by atoms with E-state index in [1.54, 1.807) is 6.33 Å². The van der Waals surface area contributed by atoms with E-state index in [9.17, 15) is 4.79 Å². The molecule has 1 heterocycles. The highest BCUT2D eigenvalue weighted by Gasteiger charge is 2.20. The summed E-state index contributed by atoms with van der Waals surface area (Å²) in [6.45, 7) is 5.87. The molecule has 2 aromatic rings. The number of nitrogens with zero attached hydrogens (tertiary/aromatic N) is 3. The molecule has 0 spiro atoms. The van der Waals surface area contributed by atoms with E-state index in [0.717, 1.165) is 21.8 Å². The zero-order chi connectivity index (χ0) is 14.0. The molecule has 5 heteroatoms. The van der Waals surface area contributed by atoms with Gasteiger partial charge in [-0.05, 0) is 32.4 Å². The van der Waals surface area contributed by atoms with Gasteiger partial charge < -0.3 is 4.57 Å². The van der Waals surface area contributed by atoms with Gasteiger partial charge in [0.25, 0.3) is 0 Å². The predicted molar refractivity (Wildman–Crippen MR) is 76.6 cm³/mol. The Morgan fingerprint density at radius 2 is 2.11 bits per heavy atom. The second-order valence-electron chi connectivity index (χ2n) is 4.67. The lowest BCUT2D eigenvalue weighted by Gasteiger charge is -2.12. The monoisotopic (exact) mass is 275 g/mol. The number of carbonyl (C=O) groups is 1. The van der Waals surface area contributed by atoms with Crippen molar-refractivity contribution in [2.24, 2.45) is 7.05 Å². The van der Waals surface area contributed by atoms with Crippen LogP contribution in [0.1, 0.15) is 28.4 Å². The summed E-state index contributed by atoms with van der Waals surface area (Å²) >= 11 is 1.43. The topological polar surface area (TPSA) is 47.8 Å². The highest BCUT2D eigenvalue weighted by atomic mass is 32.2. The van der Waals surface area contributed by atoms with Gasteiger partial charge in [-0.2, -0.15) is 0 Å². The van der Waals surface area contributed by atoms with Crippen molar-refractivity contribution >= 4 is 17.5 Å². The molecule has 0 bridgehead atoms. The third kappa shape index (κ3) is 3.04. The van der Waals surface area contributed by atoms with Crippen molar-refractivity contribution in [2.45, 2.75) is 31.2 Å². The second-order valence-corrected chi connectivity index (χ2v) is 5.98. The summed E-state index contributed by atoms with van der Waals surface area (Å²) in [6, 6.07) is 5.96. The van der Waals surface area contributed by atoms with Crippen LogP contribution in [0.2, 0.25) is 0 Å². The molecule has 0 fully saturated rings. The van der Waals surface area contributed by atoms with E-state index >= 15 is 0 Å². The van der Waals surface area contributed by atoms with Gasteiger partial charge in [-0.25, -0.2) is 0 Å². The Morgan fingerprint density at radius 1 is 1.37 bits per heavy atom. The predicted octanol–water partition coefficient (Wildman–Crippen LogP) is 2.80. The zero-order valence-electron chi connectivity index (χ0n) is 11.5. The van der Waals surface area contributed by atoms with Crippen LogP contribution in [0.3, 0.4) is 0 Å². The number of aryl methyl sites for hydroxylation is 3. The van der Waals surface area contributed by atoms with E-state index in [0.29, 0.717) is 0 Å². The van der Waals surface area contributed by atoms with Gasteiger partial charge in [0.2, 0.25) is 0 Å². The first-order chi connectivity index (χ1) is 8.99. The number of thioether (sulfide) groups is 1. The van der Waals surface area contributed by atoms with Gasteiger partial charge >= 0.3 is 0 Å². The highest BCUT2D eigenvalue weighted by molar-refractivity contribution is 8.00. The van der Waals surface area contributed by atoms with Gasteiger partial charge in [0.05, 0.1) is 5.25 Å². The normalized spacial score (nSPS) is 12.4. The molecular weight excluding hydrogens is 258 g/mol. The molecule has 1 unspecified atom stereocenters. The fraction of sp³-hybridized carbons (Fsp3) is 0.357. The van der Waals surface area contributed by atoms with Gasteiger partial charge in [-0.15, -0.1) is 10.2 Å². The number of benzene rings is 1. The summed E-state index contributed by atoms with van der Waals surface area (Å²) in [6.07, 6.45) is 1.64. The number of ketones is 1. The number of rotatable bonds is 4. The number of Topliss-reactive ketones (excluding diaryl/α,β-unsaturated/α-hetero) is 1. The molecule has 0 amide bonds. The van der Waals surface area contributed by atoms with Crippen molar-refractivity contribution < 1.29 is 4.79 Å². The van der Waals surface area contributed by atoms with Crippen molar-refractivity contribution in [1.29, 1.82) is 0 Å². The lowest BCUT2D eigenvalue weighted by Crippen LogP contribution is -2.15. The van der Waals surface area contributed by atoms with E-state index in [4.69, 9.17) is 0 Å². The van der Waals surface area contributed by atoms with Gasteiger partial charge in [-0.1, -0.05) is 29.5 Å². The van der Waals surface area contributed by atoms with Gasteiger partial charge in [-0.3, -0.25) is 4.79 Å². The lowest BCUT2D eigenvalue weighted by atomic mass is 10.0. The van der Waals surface area contributed by atoms with Crippen LogP contribution in [0.15, 0.2) is 29.7 Å². The summed E-state index contributed by atoms with van der Waals surface area (Å²) in [5, 5.41) is 8.39. The first-order valence-electron chi connectivity index (χ1n) is 6.11. The molecule has 1 aromatic heterocycles. The van der Waals surface area contributed by atoms with Crippen LogP contribution >= 0.6 is 11.8 Å². The number of hydrogen-bond acceptors (Lipinski definition) is 4. The van der Waals surface area contributed by atoms with Gasteiger partial charge in [0.1, 0.15) is 6.33 Å². The fourth-order valence-electron chi connectivity index (χ4n) is 1.81. The third-order valence-corrected chi connectivity index (χ3v) is 4.13. The first kappa shape index (κ1) is 13.8. The molecule has 0 aliphatic rings. The highest BCUT2D eigenvalue weighted by Crippen LogP contribution is 2.24. The summed E-state index contributed by atoms with van der Waals surface area (Å²) in [5.41, 5.74) is 2.91. The maximum atomic E-state index is 12.5. The fourth-order valence-corrected chi connectivity index (χ4v) is 2.67. The average molecular weight is 275 g/mol. The maximum absolute atomic E-state index is 12.5. The maximum Gasteiger partial charge on any atom is 0.191 e. The SMILES string of the molecule is Cc1ccc(C)c(C(=O)C(C)Sc2nncn2C)c1. The second kappa shape index (κ2) is 5.57. The lowest BCUT2D eigenvalue weighted by molar-refractivity contribution is 0.0993. The molecule has 0 radical (unpaired) electrons. The molecule has 100 valence electrons. The molecule has 1 atom stereocenters. The van der Waals surface area contributed by atoms with Crippen LogP contribution in [0, 0.1) is 13.8 Å². The van der Waals surface area contributed by atoms with Gasteiger partial charge in [0, 0.05) is 12.6 Å². The Morgan fingerprint density at radius 3 is 2.74 bits per heavy atom. The molecule has 0 saturated carbocycles. The standard InChI is InChI=1S/C14H17N3OS/c1-9-5-6-10(2)12(7-9)13(18)11(3)19-14-16-15-8-17(14)4/h5-8,11H,1-4H3. The summed E-state index contributed by atoms with van der Waals surface area (Å²) in [5.74, 6) is 0.134. The smallest absolute Gasteiger partial charge is 0.191 e. The molecule has 0 saturated heterocycles. The molecule has 0 aliphatic carbocycles. The minimum absolute atomic E-state index is 0.134. The van der Waals surface area contributed by atoms with Crippen LogP contribution in [0.4, 0.5) is 0 Å². The number of aromatic nitrogens is 3. The Balaban J connectivity index is 2.19.